The Bertz CT molecular complexity index is 192. The van der Waals surface area contributed by atoms with Crippen molar-refractivity contribution in [3.8, 4) is 0 Å². The first kappa shape index (κ1) is 10.0. The third kappa shape index (κ3) is 6.15. The van der Waals surface area contributed by atoms with Gasteiger partial charge >= 0.3 is 0 Å². The summed E-state index contributed by atoms with van der Waals surface area (Å²) in [7, 11) is 0. The lowest BCUT2D eigenvalue weighted by Gasteiger charge is -1.87. The highest BCUT2D eigenvalue weighted by Gasteiger charge is 1.80. The van der Waals surface area contributed by atoms with Crippen molar-refractivity contribution in [1.29, 1.82) is 0 Å². The van der Waals surface area contributed by atoms with Gasteiger partial charge in [-0.15, -0.1) is 0 Å². The van der Waals surface area contributed by atoms with Crippen molar-refractivity contribution < 1.29 is 0 Å². The minimum atomic E-state index is 1.15. The van der Waals surface area contributed by atoms with Crippen LogP contribution in [0.3, 0.4) is 0 Å². The maximum Gasteiger partial charge on any atom is -0.0313 e. The summed E-state index contributed by atoms with van der Waals surface area (Å²) in [5.41, 5.74) is 0. The van der Waals surface area contributed by atoms with E-state index in [0.29, 0.717) is 0 Å². The van der Waals surface area contributed by atoms with Crippen LogP contribution in [0.15, 0.2) is 48.6 Å². The quantitative estimate of drug-likeness (QED) is 0.517. The first-order chi connectivity index (χ1) is 6.50. The Kier molecular flexibility index (Phi) is 5.87. The van der Waals surface area contributed by atoms with E-state index < -0.39 is 0 Å². The Morgan fingerprint density at radius 3 is 1.31 bits per heavy atom. The molecule has 0 nitrogen and oxygen atoms in total. The first-order valence-electron chi connectivity index (χ1n) is 5.13. The smallest absolute Gasteiger partial charge is 0.0313 e. The molecule has 0 atom stereocenters. The fourth-order valence-electron chi connectivity index (χ4n) is 1.25. The summed E-state index contributed by atoms with van der Waals surface area (Å²) in [4.78, 5) is 0. The molecule has 0 saturated heterocycles. The van der Waals surface area contributed by atoms with E-state index in [4.69, 9.17) is 0 Å². The summed E-state index contributed by atoms with van der Waals surface area (Å²) in [5, 5.41) is 0. The summed E-state index contributed by atoms with van der Waals surface area (Å²) < 4.78 is 0. The largest absolute Gasteiger partial charge is 0.0845 e. The summed E-state index contributed by atoms with van der Waals surface area (Å²) in [6.45, 7) is 0. The highest BCUT2D eigenvalue weighted by Crippen LogP contribution is 2.00. The Morgan fingerprint density at radius 2 is 0.846 bits per heavy atom. The molecule has 13 heavy (non-hydrogen) atoms. The van der Waals surface area contributed by atoms with Crippen molar-refractivity contribution in [2.45, 2.75) is 32.1 Å². The van der Waals surface area contributed by atoms with Crippen molar-refractivity contribution in [2.75, 3.05) is 0 Å². The van der Waals surface area contributed by atoms with Crippen molar-refractivity contribution in [3.05, 3.63) is 48.6 Å². The Balaban J connectivity index is 2.38. The summed E-state index contributed by atoms with van der Waals surface area (Å²) in [6, 6.07) is 0. The lowest BCUT2D eigenvalue weighted by molar-refractivity contribution is 0.868. The van der Waals surface area contributed by atoms with Gasteiger partial charge < -0.3 is 0 Å². The van der Waals surface area contributed by atoms with Crippen molar-refractivity contribution in [3.63, 3.8) is 0 Å². The minimum Gasteiger partial charge on any atom is -0.0845 e. The number of rotatable bonds is 0. The fourth-order valence-corrected chi connectivity index (χ4v) is 1.25. The van der Waals surface area contributed by atoms with Gasteiger partial charge in [-0.2, -0.15) is 0 Å². The van der Waals surface area contributed by atoms with Crippen LogP contribution in [0.4, 0.5) is 0 Å². The molecule has 1 rings (SSSR count). The number of hydrogen-bond acceptors (Lipinski definition) is 0. The zero-order valence-corrected chi connectivity index (χ0v) is 8.15. The van der Waals surface area contributed by atoms with Crippen molar-refractivity contribution in [1.82, 2.24) is 0 Å². The average Bonchev–Trinajstić information content (AvgIpc) is 2.18. The average molecular weight is 174 g/mol. The monoisotopic (exact) mass is 174 g/mol. The molecular formula is C13H18. The second-order valence-electron chi connectivity index (χ2n) is 3.22. The maximum atomic E-state index is 2.25. The molecule has 0 radical (unpaired) electrons. The molecule has 70 valence electrons. The SMILES string of the molecule is C1=C\CCC/C=C/C=C/CC/C=C/1. The Morgan fingerprint density at radius 1 is 0.462 bits per heavy atom. The molecule has 0 aromatic heterocycles. The van der Waals surface area contributed by atoms with Gasteiger partial charge in [0, 0.05) is 0 Å². The Labute approximate surface area is 81.4 Å². The molecule has 0 heterocycles. The molecule has 0 N–H and O–H groups in total. The van der Waals surface area contributed by atoms with Crippen LogP contribution >= 0.6 is 0 Å². The lowest BCUT2D eigenvalue weighted by Crippen LogP contribution is -1.67. The molecule has 0 bridgehead atoms. The third-order valence-electron chi connectivity index (χ3n) is 2.01. The van der Waals surface area contributed by atoms with Gasteiger partial charge in [0.1, 0.15) is 0 Å². The van der Waals surface area contributed by atoms with E-state index in [2.05, 4.69) is 48.6 Å². The second-order valence-corrected chi connectivity index (χ2v) is 3.22. The van der Waals surface area contributed by atoms with Crippen LogP contribution in [-0.4, -0.2) is 0 Å². The van der Waals surface area contributed by atoms with Crippen LogP contribution in [0, 0.1) is 0 Å². The highest BCUT2D eigenvalue weighted by molar-refractivity contribution is 5.06. The summed E-state index contributed by atoms with van der Waals surface area (Å²) >= 11 is 0. The van der Waals surface area contributed by atoms with Gasteiger partial charge in [-0.1, -0.05) is 48.6 Å². The van der Waals surface area contributed by atoms with Crippen LogP contribution in [-0.2, 0) is 0 Å². The van der Waals surface area contributed by atoms with E-state index in [1.165, 1.54) is 19.3 Å². The zero-order chi connectivity index (χ0) is 9.19. The van der Waals surface area contributed by atoms with E-state index in [1.54, 1.807) is 0 Å². The molecule has 1 aliphatic carbocycles. The molecule has 0 heteroatoms. The van der Waals surface area contributed by atoms with Crippen LogP contribution in [0.2, 0.25) is 0 Å². The van der Waals surface area contributed by atoms with Crippen LogP contribution < -0.4 is 0 Å². The minimum absolute atomic E-state index is 1.15. The number of allylic oxidation sites excluding steroid dienone is 8. The molecule has 1 aliphatic rings. The van der Waals surface area contributed by atoms with Crippen LogP contribution in [0.5, 0.6) is 0 Å². The van der Waals surface area contributed by atoms with E-state index >= 15 is 0 Å². The zero-order valence-electron chi connectivity index (χ0n) is 8.15. The van der Waals surface area contributed by atoms with Gasteiger partial charge in [0.15, 0.2) is 0 Å². The molecule has 0 unspecified atom stereocenters. The number of hydrogen-bond donors (Lipinski definition) is 0. The van der Waals surface area contributed by atoms with Gasteiger partial charge in [-0.3, -0.25) is 0 Å². The normalized spacial score (nSPS) is 28.9. The molecule has 0 amide bonds. The second kappa shape index (κ2) is 7.60. The van der Waals surface area contributed by atoms with Gasteiger partial charge in [0.2, 0.25) is 0 Å². The van der Waals surface area contributed by atoms with E-state index in [0.717, 1.165) is 12.8 Å². The maximum absolute atomic E-state index is 2.25. The van der Waals surface area contributed by atoms with Gasteiger partial charge in [-0.25, -0.2) is 0 Å². The van der Waals surface area contributed by atoms with E-state index in [9.17, 15) is 0 Å². The van der Waals surface area contributed by atoms with Crippen molar-refractivity contribution in [2.24, 2.45) is 0 Å². The topological polar surface area (TPSA) is 0 Å². The van der Waals surface area contributed by atoms with E-state index in [-0.39, 0.29) is 0 Å². The van der Waals surface area contributed by atoms with Crippen LogP contribution in [0.1, 0.15) is 32.1 Å². The lowest BCUT2D eigenvalue weighted by atomic mass is 10.2. The van der Waals surface area contributed by atoms with Crippen LogP contribution in [0.25, 0.3) is 0 Å². The predicted octanol–water partition coefficient (Wildman–Crippen LogP) is 4.18. The summed E-state index contributed by atoms with van der Waals surface area (Å²) in [5.74, 6) is 0. The van der Waals surface area contributed by atoms with Gasteiger partial charge in [0.05, 0.1) is 0 Å². The molecule has 0 aliphatic heterocycles. The highest BCUT2D eigenvalue weighted by atomic mass is 13.9. The summed E-state index contributed by atoms with van der Waals surface area (Å²) in [6.07, 6.45) is 23.5. The van der Waals surface area contributed by atoms with Crippen molar-refractivity contribution >= 4 is 0 Å². The third-order valence-corrected chi connectivity index (χ3v) is 2.01. The predicted molar refractivity (Wildman–Crippen MR) is 59.6 cm³/mol. The molecular weight excluding hydrogens is 156 g/mol. The molecule has 0 fully saturated rings. The first-order valence-corrected chi connectivity index (χ1v) is 5.13. The van der Waals surface area contributed by atoms with E-state index in [1.807, 2.05) is 0 Å². The standard InChI is InChI=1S/C13H18/c1-2-4-6-8-10-12-13-11-9-7-5-3-1/h1-4,9,11-13H,5-8,10H2/b3-1+,4-2-,11-9+,13-12+. The fraction of sp³-hybridized carbons (Fsp3) is 0.385. The van der Waals surface area contributed by atoms with Gasteiger partial charge in [-0.05, 0) is 32.1 Å². The molecule has 0 spiro atoms. The molecule has 0 saturated carbocycles. The molecule has 0 aromatic carbocycles. The molecule has 0 aromatic rings. The Hall–Kier alpha value is -1.04. The van der Waals surface area contributed by atoms with Gasteiger partial charge in [0.25, 0.3) is 0 Å².